The van der Waals surface area contributed by atoms with Crippen LogP contribution in [0.25, 0.3) is 0 Å². The van der Waals surface area contributed by atoms with Crippen molar-refractivity contribution in [3.63, 3.8) is 0 Å². The van der Waals surface area contributed by atoms with Crippen LogP contribution in [0.5, 0.6) is 0 Å². The summed E-state index contributed by atoms with van der Waals surface area (Å²) in [6.07, 6.45) is 5.15. The Hall–Kier alpha value is -1.89. The molecular weight excluding hydrogens is 264 g/mol. The van der Waals surface area contributed by atoms with Gasteiger partial charge in [0.25, 0.3) is 0 Å². The summed E-state index contributed by atoms with van der Waals surface area (Å²) in [5, 5.41) is 17.3. The lowest BCUT2D eigenvalue weighted by Gasteiger charge is -2.04. The molecule has 0 spiro atoms. The molecule has 2 heterocycles. The van der Waals surface area contributed by atoms with Gasteiger partial charge in [0.15, 0.2) is 5.13 Å². The molecule has 0 fully saturated rings. The van der Waals surface area contributed by atoms with Crippen molar-refractivity contribution in [2.75, 3.05) is 11.9 Å². The lowest BCUT2D eigenvalue weighted by Crippen LogP contribution is -2.11. The summed E-state index contributed by atoms with van der Waals surface area (Å²) >= 11 is 1.57. The van der Waals surface area contributed by atoms with Gasteiger partial charge in [-0.15, -0.1) is 11.3 Å². The van der Waals surface area contributed by atoms with Crippen LogP contribution in [0.3, 0.4) is 0 Å². The van der Waals surface area contributed by atoms with Gasteiger partial charge >= 0.3 is 5.97 Å². The van der Waals surface area contributed by atoms with E-state index in [1.807, 2.05) is 16.9 Å². The van der Waals surface area contributed by atoms with Gasteiger partial charge in [-0.25, -0.2) is 4.98 Å². The maximum absolute atomic E-state index is 11.1. The average molecular weight is 278 g/mol. The number of rotatable bonds is 5. The van der Waals surface area contributed by atoms with E-state index >= 15 is 0 Å². The molecule has 1 atom stereocenters. The van der Waals surface area contributed by atoms with E-state index < -0.39 is 11.9 Å². The fourth-order valence-corrected chi connectivity index (χ4v) is 3.32. The van der Waals surface area contributed by atoms with Gasteiger partial charge in [-0.3, -0.25) is 9.48 Å². The zero-order valence-electron chi connectivity index (χ0n) is 10.2. The van der Waals surface area contributed by atoms with E-state index in [1.54, 1.807) is 17.5 Å². The molecule has 7 heteroatoms. The highest BCUT2D eigenvalue weighted by molar-refractivity contribution is 7.15. The zero-order valence-corrected chi connectivity index (χ0v) is 11.1. The maximum Gasteiger partial charge on any atom is 0.312 e. The van der Waals surface area contributed by atoms with Crippen LogP contribution in [0.15, 0.2) is 18.5 Å². The van der Waals surface area contributed by atoms with Crippen molar-refractivity contribution in [3.8, 4) is 0 Å². The molecular formula is C12H14N4O2S. The molecule has 1 unspecified atom stereocenters. The standard InChI is InChI=1S/C12H14N4O2S/c17-11(18)8-2-3-9-10(8)15-12(19-9)13-5-7-16-6-1-4-14-16/h1,4,6,8H,2-3,5,7H2,(H,13,15)(H,17,18). The van der Waals surface area contributed by atoms with E-state index in [4.69, 9.17) is 5.11 Å². The molecule has 100 valence electrons. The topological polar surface area (TPSA) is 80.0 Å². The number of aryl methyl sites for hydroxylation is 1. The summed E-state index contributed by atoms with van der Waals surface area (Å²) in [7, 11) is 0. The monoisotopic (exact) mass is 278 g/mol. The van der Waals surface area contributed by atoms with Crippen molar-refractivity contribution in [2.45, 2.75) is 25.3 Å². The van der Waals surface area contributed by atoms with Crippen molar-refractivity contribution in [3.05, 3.63) is 29.0 Å². The summed E-state index contributed by atoms with van der Waals surface area (Å²) in [6.45, 7) is 1.49. The molecule has 0 saturated carbocycles. The van der Waals surface area contributed by atoms with E-state index in [2.05, 4.69) is 15.4 Å². The number of fused-ring (bicyclic) bond motifs is 1. The molecule has 6 nitrogen and oxygen atoms in total. The number of nitrogens with one attached hydrogen (secondary N) is 1. The third-order valence-electron chi connectivity index (χ3n) is 3.19. The minimum atomic E-state index is -0.771. The molecule has 2 N–H and O–H groups in total. The van der Waals surface area contributed by atoms with Gasteiger partial charge in [-0.2, -0.15) is 5.10 Å². The zero-order chi connectivity index (χ0) is 13.2. The average Bonchev–Trinajstić information content (AvgIpc) is 3.03. The SMILES string of the molecule is O=C(O)C1CCc2sc(NCCn3cccn3)nc21. The van der Waals surface area contributed by atoms with E-state index in [-0.39, 0.29) is 0 Å². The molecule has 1 aliphatic carbocycles. The number of nitrogens with zero attached hydrogens (tertiary/aromatic N) is 3. The fraction of sp³-hybridized carbons (Fsp3) is 0.417. The van der Waals surface area contributed by atoms with Gasteiger partial charge < -0.3 is 10.4 Å². The fourth-order valence-electron chi connectivity index (χ4n) is 2.25. The Morgan fingerprint density at radius 2 is 2.53 bits per heavy atom. The second-order valence-corrected chi connectivity index (χ2v) is 5.54. The summed E-state index contributed by atoms with van der Waals surface area (Å²) in [4.78, 5) is 16.6. The number of thiazole rings is 1. The predicted octanol–water partition coefficient (Wildman–Crippen LogP) is 1.57. The van der Waals surface area contributed by atoms with Gasteiger partial charge in [-0.05, 0) is 18.9 Å². The van der Waals surface area contributed by atoms with Crippen molar-refractivity contribution in [1.29, 1.82) is 0 Å². The van der Waals surface area contributed by atoms with Crippen LogP contribution in [-0.2, 0) is 17.8 Å². The van der Waals surface area contributed by atoms with Crippen molar-refractivity contribution in [1.82, 2.24) is 14.8 Å². The smallest absolute Gasteiger partial charge is 0.312 e. The predicted molar refractivity (Wildman–Crippen MR) is 71.5 cm³/mol. The summed E-state index contributed by atoms with van der Waals surface area (Å²) in [5.41, 5.74) is 0.749. The van der Waals surface area contributed by atoms with Crippen LogP contribution >= 0.6 is 11.3 Å². The highest BCUT2D eigenvalue weighted by atomic mass is 32.1. The van der Waals surface area contributed by atoms with Crippen LogP contribution in [-0.4, -0.2) is 32.4 Å². The number of hydrogen-bond donors (Lipinski definition) is 2. The van der Waals surface area contributed by atoms with E-state index in [0.29, 0.717) is 6.42 Å². The molecule has 0 radical (unpaired) electrons. The van der Waals surface area contributed by atoms with Crippen molar-refractivity contribution >= 4 is 22.4 Å². The molecule has 0 aromatic carbocycles. The largest absolute Gasteiger partial charge is 0.481 e. The minimum absolute atomic E-state index is 0.423. The number of hydrogen-bond acceptors (Lipinski definition) is 5. The lowest BCUT2D eigenvalue weighted by molar-refractivity contribution is -0.138. The van der Waals surface area contributed by atoms with Crippen LogP contribution in [0.4, 0.5) is 5.13 Å². The van der Waals surface area contributed by atoms with Crippen molar-refractivity contribution in [2.24, 2.45) is 0 Å². The summed E-state index contributed by atoms with van der Waals surface area (Å²) in [5.74, 6) is -1.19. The second kappa shape index (κ2) is 5.00. The normalized spacial score (nSPS) is 17.4. The molecule has 3 rings (SSSR count). The highest BCUT2D eigenvalue weighted by Crippen LogP contribution is 2.38. The Morgan fingerprint density at radius 3 is 3.26 bits per heavy atom. The quantitative estimate of drug-likeness (QED) is 0.867. The first-order valence-corrected chi connectivity index (χ1v) is 6.99. The van der Waals surface area contributed by atoms with E-state index in [9.17, 15) is 4.79 Å². The minimum Gasteiger partial charge on any atom is -0.481 e. The Bertz CT molecular complexity index is 579. The van der Waals surface area contributed by atoms with E-state index in [0.717, 1.165) is 35.2 Å². The first-order valence-electron chi connectivity index (χ1n) is 6.18. The molecule has 0 aliphatic heterocycles. The first kappa shape index (κ1) is 12.2. The Morgan fingerprint density at radius 1 is 1.63 bits per heavy atom. The second-order valence-electron chi connectivity index (χ2n) is 4.45. The van der Waals surface area contributed by atoms with Crippen molar-refractivity contribution < 1.29 is 9.90 Å². The molecule has 1 aliphatic rings. The maximum atomic E-state index is 11.1. The molecule has 19 heavy (non-hydrogen) atoms. The summed E-state index contributed by atoms with van der Waals surface area (Å²) < 4.78 is 1.84. The van der Waals surface area contributed by atoms with Crippen LogP contribution in [0.2, 0.25) is 0 Å². The molecule has 0 saturated heterocycles. The molecule has 2 aromatic rings. The Balaban J connectivity index is 1.61. The number of carboxylic acid groups (broad SMARTS) is 1. The summed E-state index contributed by atoms with van der Waals surface area (Å²) in [6, 6.07) is 1.88. The third kappa shape index (κ3) is 2.46. The molecule has 0 bridgehead atoms. The van der Waals surface area contributed by atoms with Gasteiger partial charge in [0, 0.05) is 23.8 Å². The number of aliphatic carboxylic acids is 1. The van der Waals surface area contributed by atoms with Crippen LogP contribution in [0, 0.1) is 0 Å². The first-order chi connectivity index (χ1) is 9.24. The molecule has 0 amide bonds. The van der Waals surface area contributed by atoms with Gasteiger partial charge in [-0.1, -0.05) is 0 Å². The number of carboxylic acids is 1. The van der Waals surface area contributed by atoms with E-state index in [1.165, 1.54) is 0 Å². The van der Waals surface area contributed by atoms with Crippen LogP contribution in [0.1, 0.15) is 22.9 Å². The lowest BCUT2D eigenvalue weighted by atomic mass is 10.1. The van der Waals surface area contributed by atoms with Gasteiger partial charge in [0.05, 0.1) is 12.2 Å². The highest BCUT2D eigenvalue weighted by Gasteiger charge is 2.32. The number of aromatic nitrogens is 3. The molecule has 2 aromatic heterocycles. The number of carbonyl (C=O) groups is 1. The third-order valence-corrected chi connectivity index (χ3v) is 4.28. The number of anilines is 1. The van der Waals surface area contributed by atoms with Crippen LogP contribution < -0.4 is 5.32 Å². The van der Waals surface area contributed by atoms with Gasteiger partial charge in [0.2, 0.25) is 0 Å². The van der Waals surface area contributed by atoms with Gasteiger partial charge in [0.1, 0.15) is 5.92 Å². The Labute approximate surface area is 114 Å². The Kier molecular flexibility index (Phi) is 3.20.